The third-order valence-electron chi connectivity index (χ3n) is 12.9. The second-order valence-corrected chi connectivity index (χ2v) is 17.8. The Labute approximate surface area is 331 Å². The minimum absolute atomic E-state index is 0.0353. The predicted octanol–water partition coefficient (Wildman–Crippen LogP) is 5.50. The van der Waals surface area contributed by atoms with Gasteiger partial charge in [-0.25, -0.2) is 18.8 Å². The number of fused-ring (bicyclic) bond motifs is 8. The molecule has 3 N–H and O–H groups in total. The summed E-state index contributed by atoms with van der Waals surface area (Å²) in [5.74, 6) is -3.06. The largest absolute Gasteiger partial charge is 0.456 e. The van der Waals surface area contributed by atoms with Gasteiger partial charge in [0.1, 0.15) is 41.4 Å². The summed E-state index contributed by atoms with van der Waals surface area (Å²) in [5, 5.41) is 27.6. The summed E-state index contributed by atoms with van der Waals surface area (Å²) >= 11 is 0. The molecular formula is C43H53FN2O11. The highest BCUT2D eigenvalue weighted by atomic mass is 19.1. The normalized spacial score (nSPS) is 35.1. The van der Waals surface area contributed by atoms with E-state index in [-0.39, 0.29) is 24.1 Å². The monoisotopic (exact) mass is 792 g/mol. The van der Waals surface area contributed by atoms with Gasteiger partial charge in [-0.3, -0.25) is 4.98 Å². The van der Waals surface area contributed by atoms with Crippen molar-refractivity contribution in [2.45, 2.75) is 128 Å². The maximum Gasteiger partial charge on any atom is 0.408 e. The third kappa shape index (κ3) is 7.17. The zero-order valence-corrected chi connectivity index (χ0v) is 33.4. The molecule has 3 heterocycles. The van der Waals surface area contributed by atoms with Gasteiger partial charge in [-0.15, -0.1) is 0 Å². The molecule has 0 spiro atoms. The van der Waals surface area contributed by atoms with Crippen LogP contribution in [0, 0.1) is 28.5 Å². The van der Waals surface area contributed by atoms with Crippen LogP contribution < -0.4 is 5.32 Å². The molecular weight excluding hydrogens is 739 g/mol. The molecule has 5 aliphatic rings. The zero-order chi connectivity index (χ0) is 41.2. The van der Waals surface area contributed by atoms with E-state index in [4.69, 9.17) is 28.4 Å². The van der Waals surface area contributed by atoms with Gasteiger partial charge in [-0.1, -0.05) is 45.5 Å². The molecule has 1 aromatic carbocycles. The van der Waals surface area contributed by atoms with E-state index in [2.05, 4.69) is 23.8 Å². The van der Waals surface area contributed by atoms with Crippen molar-refractivity contribution < 1.29 is 57.4 Å². The van der Waals surface area contributed by atoms with E-state index >= 15 is 0 Å². The number of hydrogen-bond donors (Lipinski definition) is 3. The maximum atomic E-state index is 14.2. The molecule has 4 fully saturated rings. The van der Waals surface area contributed by atoms with Crippen molar-refractivity contribution in [3.05, 3.63) is 89.5 Å². The van der Waals surface area contributed by atoms with Crippen LogP contribution in [-0.2, 0) is 33.2 Å². The van der Waals surface area contributed by atoms with Gasteiger partial charge in [0.25, 0.3) is 0 Å². The number of amides is 1. The van der Waals surface area contributed by atoms with Crippen molar-refractivity contribution in [1.82, 2.24) is 10.3 Å². The Morgan fingerprint density at radius 1 is 1.09 bits per heavy atom. The number of aliphatic hydroxyl groups excluding tert-OH is 1. The van der Waals surface area contributed by atoms with Crippen LogP contribution >= 0.6 is 0 Å². The third-order valence-corrected chi connectivity index (χ3v) is 12.9. The molecule has 308 valence electrons. The number of pyridine rings is 1. The molecule has 1 unspecified atom stereocenters. The van der Waals surface area contributed by atoms with Gasteiger partial charge in [0.05, 0.1) is 36.3 Å². The Bertz CT molecular complexity index is 1920. The van der Waals surface area contributed by atoms with Crippen LogP contribution in [0.25, 0.3) is 0 Å². The fourth-order valence-corrected chi connectivity index (χ4v) is 9.95. The number of rotatable bonds is 8. The van der Waals surface area contributed by atoms with Crippen molar-refractivity contribution in [3.8, 4) is 0 Å². The average Bonchev–Trinajstić information content (AvgIpc) is 3.57. The van der Waals surface area contributed by atoms with E-state index < -0.39 is 94.7 Å². The second kappa shape index (κ2) is 14.9. The van der Waals surface area contributed by atoms with E-state index in [9.17, 15) is 29.0 Å². The lowest BCUT2D eigenvalue weighted by atomic mass is 9.46. The molecule has 13 nitrogen and oxygen atoms in total. The highest BCUT2D eigenvalue weighted by Gasteiger charge is 2.72. The zero-order valence-electron chi connectivity index (χ0n) is 33.4. The molecule has 1 amide bonds. The van der Waals surface area contributed by atoms with E-state index in [1.165, 1.54) is 6.07 Å². The van der Waals surface area contributed by atoms with Crippen LogP contribution in [0.2, 0.25) is 0 Å². The summed E-state index contributed by atoms with van der Waals surface area (Å²) in [5.41, 5.74) is -3.24. The number of carbonyl (C=O) groups excluding carboxylic acids is 3. The Hall–Kier alpha value is -4.21. The van der Waals surface area contributed by atoms with E-state index in [1.54, 1.807) is 64.1 Å². The van der Waals surface area contributed by atoms with Gasteiger partial charge in [0.15, 0.2) is 12.4 Å². The quantitative estimate of drug-likeness (QED) is 0.174. The van der Waals surface area contributed by atoms with Crippen LogP contribution in [0.1, 0.15) is 89.8 Å². The molecule has 2 saturated carbocycles. The molecule has 57 heavy (non-hydrogen) atoms. The molecule has 2 aliphatic heterocycles. The van der Waals surface area contributed by atoms with E-state index in [0.717, 1.165) is 18.7 Å². The topological polar surface area (TPSA) is 172 Å². The molecule has 7 rings (SSSR count). The predicted molar refractivity (Wildman–Crippen MR) is 202 cm³/mol. The number of aromatic nitrogens is 1. The smallest absolute Gasteiger partial charge is 0.408 e. The van der Waals surface area contributed by atoms with Gasteiger partial charge in [0.2, 0.25) is 0 Å². The number of nitrogens with one attached hydrogen (secondary N) is 1. The maximum absolute atomic E-state index is 14.2. The Morgan fingerprint density at radius 2 is 1.81 bits per heavy atom. The summed E-state index contributed by atoms with van der Waals surface area (Å²) in [4.78, 5) is 45.2. The van der Waals surface area contributed by atoms with Crippen molar-refractivity contribution in [3.63, 3.8) is 0 Å². The first-order valence-corrected chi connectivity index (χ1v) is 19.5. The highest BCUT2D eigenvalue weighted by Crippen LogP contribution is 2.65. The van der Waals surface area contributed by atoms with Crippen LogP contribution in [-0.4, -0.2) is 94.0 Å². The lowest BCUT2D eigenvalue weighted by molar-refractivity contribution is -0.276. The number of benzene rings is 1. The first kappa shape index (κ1) is 41.0. The van der Waals surface area contributed by atoms with Crippen molar-refractivity contribution >= 4 is 18.0 Å². The van der Waals surface area contributed by atoms with Gasteiger partial charge >= 0.3 is 18.0 Å². The molecule has 14 heteroatoms. The SMILES string of the molecule is C=C[C@@H]1O[C@@H]2C3=C(C)[C@@H](OC(=O)[C@H](O)[C@@H](NC(=O)OC(C)(C)C)c4ccc(F)cn4)C[C@@](O)([C@@H](OC(=O)c4ccccc4)C4[C@@H]5CO[C@@H]5CC[C@@]4(C)[C@@H]2O1)C3(C)C. The van der Waals surface area contributed by atoms with Crippen molar-refractivity contribution in [1.29, 1.82) is 0 Å². The second-order valence-electron chi connectivity index (χ2n) is 17.8. The van der Waals surface area contributed by atoms with Gasteiger partial charge < -0.3 is 44.0 Å². The number of aliphatic hydroxyl groups is 2. The number of halogens is 1. The first-order valence-electron chi connectivity index (χ1n) is 19.5. The number of nitrogens with zero attached hydrogens (tertiary/aromatic N) is 1. The molecule has 2 bridgehead atoms. The Morgan fingerprint density at radius 3 is 2.42 bits per heavy atom. The van der Waals surface area contributed by atoms with Crippen molar-refractivity contribution in [2.75, 3.05) is 6.61 Å². The number of esters is 2. The Kier molecular flexibility index (Phi) is 10.7. The van der Waals surface area contributed by atoms with Crippen LogP contribution in [0.3, 0.4) is 0 Å². The fraction of sp³-hybridized carbons (Fsp3) is 0.581. The molecule has 2 saturated heterocycles. The molecule has 3 aliphatic carbocycles. The standard InChI is InChI=1S/C43H53FN2O11/c1-9-29-54-34-30-22(2)28(53-38(49)33(47)32(26-16-15-24(44)20-45-26)46-39(50)57-40(3,4)5)19-43(51,41(30,6)7)35(56-37(48)23-13-11-10-12-14-23)31-25-21-52-27(25)17-18-42(31,8)36(34)55-29/h9-16,20,25,27-29,31-36,47,51H,1,17-19,21H2,2-8H3,(H,46,50)/t25-,27-,28+,29-,31?,32+,33-,34-,35+,36-,42-,43-/m1/s1. The number of ether oxygens (including phenoxy) is 6. The Balaban J connectivity index is 1.32. The molecule has 2 aromatic rings. The van der Waals surface area contributed by atoms with Crippen molar-refractivity contribution in [2.24, 2.45) is 22.7 Å². The molecule has 1 aromatic heterocycles. The van der Waals surface area contributed by atoms with E-state index in [1.807, 2.05) is 13.8 Å². The number of hydrogen-bond acceptors (Lipinski definition) is 12. The summed E-state index contributed by atoms with van der Waals surface area (Å²) < 4.78 is 51.4. The van der Waals surface area contributed by atoms with Gasteiger partial charge in [-0.2, -0.15) is 0 Å². The summed E-state index contributed by atoms with van der Waals surface area (Å²) in [7, 11) is 0. The van der Waals surface area contributed by atoms with E-state index in [0.29, 0.717) is 29.7 Å². The minimum Gasteiger partial charge on any atom is -0.456 e. The van der Waals surface area contributed by atoms with Crippen LogP contribution in [0.4, 0.5) is 9.18 Å². The fourth-order valence-electron chi connectivity index (χ4n) is 9.95. The first-order chi connectivity index (χ1) is 26.8. The average molecular weight is 793 g/mol. The summed E-state index contributed by atoms with van der Waals surface area (Å²) in [6, 6.07) is 9.34. The highest BCUT2D eigenvalue weighted by molar-refractivity contribution is 5.89. The lowest BCUT2D eigenvalue weighted by Crippen LogP contribution is -2.73. The lowest BCUT2D eigenvalue weighted by Gasteiger charge is -2.65. The molecule has 0 radical (unpaired) electrons. The number of alkyl carbamates (subject to hydrolysis) is 1. The number of carbonyl (C=O) groups is 3. The minimum atomic E-state index is -2.06. The van der Waals surface area contributed by atoms with Crippen LogP contribution in [0.15, 0.2) is 72.5 Å². The van der Waals surface area contributed by atoms with Gasteiger partial charge in [-0.05, 0) is 82.0 Å². The van der Waals surface area contributed by atoms with Gasteiger partial charge in [0, 0.05) is 29.1 Å². The van der Waals surface area contributed by atoms with Crippen LogP contribution in [0.5, 0.6) is 0 Å². The molecule has 12 atom stereocenters. The summed E-state index contributed by atoms with van der Waals surface area (Å²) in [6.45, 7) is 16.9. The summed E-state index contributed by atoms with van der Waals surface area (Å²) in [6.07, 6.45) is -4.01.